The van der Waals surface area contributed by atoms with Gasteiger partial charge in [0.25, 0.3) is 5.91 Å². The minimum atomic E-state index is -0.162. The Hall–Kier alpha value is -1.06. The highest BCUT2D eigenvalue weighted by Gasteiger charge is 2.17. The van der Waals surface area contributed by atoms with Gasteiger partial charge in [-0.25, -0.2) is 0 Å². The van der Waals surface area contributed by atoms with Crippen LogP contribution in [0.5, 0.6) is 0 Å². The lowest BCUT2D eigenvalue weighted by molar-refractivity contribution is 0.0954. The Kier molecular flexibility index (Phi) is 13.3. The van der Waals surface area contributed by atoms with Crippen molar-refractivity contribution in [2.24, 2.45) is 4.99 Å². The van der Waals surface area contributed by atoms with Crippen LogP contribution in [-0.2, 0) is 0 Å². The van der Waals surface area contributed by atoms with Crippen LogP contribution in [0.4, 0.5) is 0 Å². The number of benzene rings is 1. The number of piperidine rings is 1. The van der Waals surface area contributed by atoms with Crippen molar-refractivity contribution < 1.29 is 4.79 Å². The van der Waals surface area contributed by atoms with Gasteiger partial charge in [0.1, 0.15) is 0 Å². The van der Waals surface area contributed by atoms with Gasteiger partial charge in [0.05, 0.1) is 10.6 Å². The minimum absolute atomic E-state index is 0. The van der Waals surface area contributed by atoms with Crippen molar-refractivity contribution in [3.05, 3.63) is 34.9 Å². The summed E-state index contributed by atoms with van der Waals surface area (Å²) in [5.41, 5.74) is 0.497. The number of aliphatic imine (C=N–C) groups is 1. The Morgan fingerprint density at radius 2 is 1.97 bits per heavy atom. The van der Waals surface area contributed by atoms with Crippen molar-refractivity contribution in [2.45, 2.75) is 45.6 Å². The second kappa shape index (κ2) is 14.8. The molecule has 1 amide bonds. The molecule has 3 N–H and O–H groups in total. The molecule has 1 saturated heterocycles. The molecule has 0 radical (unpaired) electrons. The minimum Gasteiger partial charge on any atom is -0.357 e. The van der Waals surface area contributed by atoms with Crippen LogP contribution in [0.3, 0.4) is 0 Å². The van der Waals surface area contributed by atoms with Gasteiger partial charge in [0.15, 0.2) is 5.96 Å². The van der Waals surface area contributed by atoms with E-state index in [0.717, 1.165) is 32.0 Å². The van der Waals surface area contributed by atoms with Gasteiger partial charge in [-0.1, -0.05) is 30.2 Å². The molecule has 1 aliphatic heterocycles. The van der Waals surface area contributed by atoms with Gasteiger partial charge in [0.2, 0.25) is 0 Å². The highest BCUT2D eigenvalue weighted by molar-refractivity contribution is 14.0. The fraction of sp³-hybridized carbons (Fsp3) is 0.619. The molecule has 0 aromatic heterocycles. The summed E-state index contributed by atoms with van der Waals surface area (Å²) in [6, 6.07) is 7.76. The average molecular weight is 536 g/mol. The van der Waals surface area contributed by atoms with Gasteiger partial charge >= 0.3 is 0 Å². The number of hydrogen-bond acceptors (Lipinski definition) is 3. The molecular formula is C21H35ClIN5O. The van der Waals surface area contributed by atoms with Gasteiger partial charge in [0, 0.05) is 38.8 Å². The molecule has 1 fully saturated rings. The van der Waals surface area contributed by atoms with Gasteiger partial charge < -0.3 is 20.9 Å². The molecule has 1 aliphatic rings. The number of carbonyl (C=O) groups is 1. The zero-order valence-corrected chi connectivity index (χ0v) is 20.6. The van der Waals surface area contributed by atoms with E-state index in [2.05, 4.69) is 32.8 Å². The fourth-order valence-electron chi connectivity index (χ4n) is 3.39. The maximum absolute atomic E-state index is 12.1. The fourth-order valence-corrected chi connectivity index (χ4v) is 3.62. The van der Waals surface area contributed by atoms with Crippen LogP contribution < -0.4 is 16.0 Å². The number of nitrogens with one attached hydrogen (secondary N) is 3. The van der Waals surface area contributed by atoms with Crippen LogP contribution in [0.1, 0.15) is 49.9 Å². The summed E-state index contributed by atoms with van der Waals surface area (Å²) >= 11 is 6.05. The van der Waals surface area contributed by atoms with Crippen LogP contribution in [0.2, 0.25) is 5.02 Å². The molecule has 6 nitrogen and oxygen atoms in total. The number of halogens is 2. The number of guanidine groups is 1. The lowest BCUT2D eigenvalue weighted by atomic mass is 10.0. The van der Waals surface area contributed by atoms with Crippen LogP contribution in [0.15, 0.2) is 29.3 Å². The lowest BCUT2D eigenvalue weighted by Crippen LogP contribution is -2.42. The van der Waals surface area contributed by atoms with E-state index in [-0.39, 0.29) is 29.9 Å². The first kappa shape index (κ1) is 26.0. The number of hydrogen-bond donors (Lipinski definition) is 3. The number of amides is 1. The lowest BCUT2D eigenvalue weighted by Gasteiger charge is -2.33. The van der Waals surface area contributed by atoms with E-state index in [1.165, 1.54) is 25.8 Å². The standard InChI is InChI=1S/C21H34ClN5O.HI/c1-3-23-21(25-12-8-16-27-15-7-6-9-17(27)2)26-14-13-24-20(28)18-10-4-5-11-19(18)22;/h4-5,10-11,17H,3,6-9,12-16H2,1-2H3,(H,24,28)(H2,23,25,26);1H. The van der Waals surface area contributed by atoms with E-state index in [1.54, 1.807) is 18.2 Å². The zero-order chi connectivity index (χ0) is 20.2. The predicted molar refractivity (Wildman–Crippen MR) is 133 cm³/mol. The number of carbonyl (C=O) groups excluding carboxylic acids is 1. The smallest absolute Gasteiger partial charge is 0.252 e. The normalized spacial score (nSPS) is 17.3. The summed E-state index contributed by atoms with van der Waals surface area (Å²) < 4.78 is 0. The largest absolute Gasteiger partial charge is 0.357 e. The summed E-state index contributed by atoms with van der Waals surface area (Å²) in [6.07, 6.45) is 5.05. The van der Waals surface area contributed by atoms with Crippen molar-refractivity contribution >= 4 is 47.4 Å². The maximum atomic E-state index is 12.1. The monoisotopic (exact) mass is 535 g/mol. The molecule has 164 valence electrons. The van der Waals surface area contributed by atoms with Crippen molar-refractivity contribution in [1.29, 1.82) is 0 Å². The molecule has 1 heterocycles. The highest BCUT2D eigenvalue weighted by atomic mass is 127. The molecule has 29 heavy (non-hydrogen) atoms. The molecule has 0 spiro atoms. The SMILES string of the molecule is CCNC(=NCCCN1CCCCC1C)NCCNC(=O)c1ccccc1Cl.I. The van der Waals surface area contributed by atoms with Crippen molar-refractivity contribution in [1.82, 2.24) is 20.9 Å². The molecule has 1 atom stereocenters. The van der Waals surface area contributed by atoms with E-state index in [1.807, 2.05) is 13.0 Å². The second-order valence-electron chi connectivity index (χ2n) is 7.16. The van der Waals surface area contributed by atoms with E-state index in [0.29, 0.717) is 29.7 Å². The quantitative estimate of drug-likeness (QED) is 0.196. The summed E-state index contributed by atoms with van der Waals surface area (Å²) in [4.78, 5) is 19.4. The second-order valence-corrected chi connectivity index (χ2v) is 7.56. The molecular weight excluding hydrogens is 501 g/mol. The Morgan fingerprint density at radius 1 is 1.21 bits per heavy atom. The maximum Gasteiger partial charge on any atom is 0.252 e. The Bertz CT molecular complexity index is 643. The first-order chi connectivity index (χ1) is 13.6. The van der Waals surface area contributed by atoms with Crippen molar-refractivity contribution in [3.63, 3.8) is 0 Å². The summed E-state index contributed by atoms with van der Waals surface area (Å²) in [6.45, 7) is 9.40. The molecule has 0 bridgehead atoms. The van der Waals surface area contributed by atoms with E-state index < -0.39 is 0 Å². The number of likely N-dealkylation sites (tertiary alicyclic amines) is 1. The van der Waals surface area contributed by atoms with Crippen LogP contribution in [-0.4, -0.2) is 62.1 Å². The third kappa shape index (κ3) is 9.53. The molecule has 2 rings (SSSR count). The summed E-state index contributed by atoms with van der Waals surface area (Å²) in [7, 11) is 0. The first-order valence-electron chi connectivity index (χ1n) is 10.4. The Labute approximate surface area is 197 Å². The van der Waals surface area contributed by atoms with Crippen molar-refractivity contribution in [3.8, 4) is 0 Å². The third-order valence-corrected chi connectivity index (χ3v) is 5.31. The van der Waals surface area contributed by atoms with Crippen molar-refractivity contribution in [2.75, 3.05) is 39.3 Å². The number of nitrogens with zero attached hydrogens (tertiary/aromatic N) is 2. The van der Waals surface area contributed by atoms with Crippen LogP contribution >= 0.6 is 35.6 Å². The summed E-state index contributed by atoms with van der Waals surface area (Å²) in [5.74, 6) is 0.631. The topological polar surface area (TPSA) is 68.8 Å². The molecule has 0 aliphatic carbocycles. The highest BCUT2D eigenvalue weighted by Crippen LogP contribution is 2.16. The molecule has 0 saturated carbocycles. The molecule has 1 aromatic carbocycles. The van der Waals surface area contributed by atoms with Gasteiger partial charge in [-0.2, -0.15) is 0 Å². The van der Waals surface area contributed by atoms with Gasteiger partial charge in [-0.05, 0) is 51.8 Å². The van der Waals surface area contributed by atoms with E-state index in [9.17, 15) is 4.79 Å². The summed E-state index contributed by atoms with van der Waals surface area (Å²) in [5, 5.41) is 9.86. The molecule has 1 unspecified atom stereocenters. The predicted octanol–water partition coefficient (Wildman–Crippen LogP) is 3.51. The van der Waals surface area contributed by atoms with E-state index >= 15 is 0 Å². The van der Waals surface area contributed by atoms with Crippen LogP contribution in [0.25, 0.3) is 0 Å². The molecule has 1 aromatic rings. The average Bonchev–Trinajstić information content (AvgIpc) is 2.69. The Balaban J connectivity index is 0.00000420. The third-order valence-electron chi connectivity index (χ3n) is 4.98. The Morgan fingerprint density at radius 3 is 2.69 bits per heavy atom. The zero-order valence-electron chi connectivity index (χ0n) is 17.5. The van der Waals surface area contributed by atoms with Gasteiger partial charge in [-0.15, -0.1) is 24.0 Å². The molecule has 8 heteroatoms. The van der Waals surface area contributed by atoms with Gasteiger partial charge in [-0.3, -0.25) is 9.79 Å². The number of rotatable bonds is 9. The first-order valence-corrected chi connectivity index (χ1v) is 10.8. The van der Waals surface area contributed by atoms with Crippen LogP contribution in [0, 0.1) is 0 Å². The van der Waals surface area contributed by atoms with E-state index in [4.69, 9.17) is 11.6 Å².